The molecule has 110 valence electrons. The number of rotatable bonds is 2. The SMILES string of the molecule is Cc1cc(C(Br)C2CCOc3ccccc32)c(C)cc1Cl. The molecule has 0 N–H and O–H groups in total. The molecule has 1 aliphatic rings. The number of fused-ring (bicyclic) bond motifs is 1. The van der Waals surface area contributed by atoms with Crippen LogP contribution in [0, 0.1) is 13.8 Å². The fraction of sp³-hybridized carbons (Fsp3) is 0.333. The van der Waals surface area contributed by atoms with E-state index in [1.165, 1.54) is 16.7 Å². The lowest BCUT2D eigenvalue weighted by Crippen LogP contribution is -2.18. The Morgan fingerprint density at radius 1 is 1.19 bits per heavy atom. The van der Waals surface area contributed by atoms with Crippen LogP contribution in [0.15, 0.2) is 36.4 Å². The maximum Gasteiger partial charge on any atom is 0.122 e. The molecule has 0 saturated carbocycles. The summed E-state index contributed by atoms with van der Waals surface area (Å²) in [5.41, 5.74) is 4.97. The fourth-order valence-electron chi connectivity index (χ4n) is 2.99. The van der Waals surface area contributed by atoms with Crippen LogP contribution in [0.25, 0.3) is 0 Å². The van der Waals surface area contributed by atoms with E-state index in [1.807, 2.05) is 6.07 Å². The van der Waals surface area contributed by atoms with Gasteiger partial charge in [0.15, 0.2) is 0 Å². The minimum absolute atomic E-state index is 0.276. The molecule has 1 aliphatic heterocycles. The van der Waals surface area contributed by atoms with Crippen LogP contribution in [-0.4, -0.2) is 6.61 Å². The Kier molecular flexibility index (Phi) is 4.28. The van der Waals surface area contributed by atoms with Crippen LogP contribution < -0.4 is 4.74 Å². The van der Waals surface area contributed by atoms with Gasteiger partial charge in [0.05, 0.1) is 6.61 Å². The lowest BCUT2D eigenvalue weighted by atomic mass is 9.85. The molecule has 3 heteroatoms. The molecule has 2 unspecified atom stereocenters. The first kappa shape index (κ1) is 14.9. The first-order chi connectivity index (χ1) is 10.1. The second-order valence-electron chi connectivity index (χ2n) is 5.64. The van der Waals surface area contributed by atoms with Crippen molar-refractivity contribution in [3.63, 3.8) is 0 Å². The van der Waals surface area contributed by atoms with E-state index in [9.17, 15) is 0 Å². The summed E-state index contributed by atoms with van der Waals surface area (Å²) in [4.78, 5) is 0.276. The van der Waals surface area contributed by atoms with Crippen LogP contribution in [-0.2, 0) is 0 Å². The summed E-state index contributed by atoms with van der Waals surface area (Å²) in [7, 11) is 0. The molecule has 0 spiro atoms. The molecule has 0 bridgehead atoms. The predicted octanol–water partition coefficient (Wildman–Crippen LogP) is 5.96. The summed E-state index contributed by atoms with van der Waals surface area (Å²) < 4.78 is 5.77. The number of hydrogen-bond acceptors (Lipinski definition) is 1. The normalized spacial score (nSPS) is 18.8. The zero-order chi connectivity index (χ0) is 15.0. The minimum atomic E-state index is 0.276. The summed E-state index contributed by atoms with van der Waals surface area (Å²) in [5, 5.41) is 0.836. The predicted molar refractivity (Wildman–Crippen MR) is 91.9 cm³/mol. The number of aryl methyl sites for hydroxylation is 2. The number of ether oxygens (including phenoxy) is 1. The van der Waals surface area contributed by atoms with Gasteiger partial charge in [-0.3, -0.25) is 0 Å². The molecule has 0 radical (unpaired) electrons. The van der Waals surface area contributed by atoms with Crippen molar-refractivity contribution in [1.29, 1.82) is 0 Å². The first-order valence-electron chi connectivity index (χ1n) is 7.20. The van der Waals surface area contributed by atoms with E-state index in [0.29, 0.717) is 5.92 Å². The highest BCUT2D eigenvalue weighted by Crippen LogP contribution is 2.46. The highest BCUT2D eigenvalue weighted by Gasteiger charge is 2.29. The molecule has 0 aromatic heterocycles. The molecule has 2 aromatic carbocycles. The van der Waals surface area contributed by atoms with E-state index < -0.39 is 0 Å². The highest BCUT2D eigenvalue weighted by molar-refractivity contribution is 9.09. The Hall–Kier alpha value is -0.990. The summed E-state index contributed by atoms with van der Waals surface area (Å²) in [5.74, 6) is 1.44. The smallest absolute Gasteiger partial charge is 0.122 e. The van der Waals surface area contributed by atoms with E-state index in [0.717, 1.165) is 29.4 Å². The Bertz CT molecular complexity index is 668. The van der Waals surface area contributed by atoms with Crippen LogP contribution in [0.3, 0.4) is 0 Å². The zero-order valence-corrected chi connectivity index (χ0v) is 14.5. The summed E-state index contributed by atoms with van der Waals surface area (Å²) in [6.45, 7) is 4.96. The third-order valence-electron chi connectivity index (χ3n) is 4.20. The van der Waals surface area contributed by atoms with Crippen molar-refractivity contribution in [2.45, 2.75) is 31.0 Å². The molecular weight excluding hydrogens is 348 g/mol. The van der Waals surface area contributed by atoms with Gasteiger partial charge < -0.3 is 4.74 Å². The van der Waals surface area contributed by atoms with Gasteiger partial charge in [-0.2, -0.15) is 0 Å². The molecule has 0 saturated heterocycles. The molecule has 3 rings (SSSR count). The number of hydrogen-bond donors (Lipinski definition) is 0. The Balaban J connectivity index is 2.00. The second-order valence-corrected chi connectivity index (χ2v) is 7.03. The summed E-state index contributed by atoms with van der Waals surface area (Å²) in [6, 6.07) is 12.6. The van der Waals surface area contributed by atoms with Crippen molar-refractivity contribution >= 4 is 27.5 Å². The van der Waals surface area contributed by atoms with E-state index in [4.69, 9.17) is 16.3 Å². The standard InChI is InChI=1S/C18H18BrClO/c1-11-10-16(20)12(2)9-15(11)18(19)14-7-8-21-17-6-4-3-5-13(14)17/h3-6,9-10,14,18H,7-8H2,1-2H3. The van der Waals surface area contributed by atoms with Gasteiger partial charge in [0.25, 0.3) is 0 Å². The van der Waals surface area contributed by atoms with Crippen molar-refractivity contribution in [2.75, 3.05) is 6.61 Å². The molecular formula is C18H18BrClO. The van der Waals surface area contributed by atoms with E-state index >= 15 is 0 Å². The highest BCUT2D eigenvalue weighted by atomic mass is 79.9. The van der Waals surface area contributed by atoms with E-state index in [1.54, 1.807) is 0 Å². The third kappa shape index (κ3) is 2.84. The van der Waals surface area contributed by atoms with Gasteiger partial charge >= 0.3 is 0 Å². The summed E-state index contributed by atoms with van der Waals surface area (Å²) >= 11 is 10.2. The van der Waals surface area contributed by atoms with Crippen LogP contribution >= 0.6 is 27.5 Å². The zero-order valence-electron chi connectivity index (χ0n) is 12.2. The average Bonchev–Trinajstić information content (AvgIpc) is 2.49. The quantitative estimate of drug-likeness (QED) is 0.597. The Morgan fingerprint density at radius 2 is 1.95 bits per heavy atom. The van der Waals surface area contributed by atoms with Crippen molar-refractivity contribution in [1.82, 2.24) is 0 Å². The van der Waals surface area contributed by atoms with Crippen LogP contribution in [0.2, 0.25) is 5.02 Å². The lowest BCUT2D eigenvalue weighted by molar-refractivity contribution is 0.266. The first-order valence-corrected chi connectivity index (χ1v) is 8.49. The molecule has 2 aromatic rings. The molecule has 21 heavy (non-hydrogen) atoms. The molecule has 1 nitrogen and oxygen atoms in total. The number of alkyl halides is 1. The minimum Gasteiger partial charge on any atom is -0.493 e. The fourth-order valence-corrected chi connectivity index (χ4v) is 4.25. The lowest BCUT2D eigenvalue weighted by Gasteiger charge is -2.30. The number of benzene rings is 2. The monoisotopic (exact) mass is 364 g/mol. The molecule has 0 amide bonds. The van der Waals surface area contributed by atoms with Gasteiger partial charge in [-0.1, -0.05) is 51.8 Å². The van der Waals surface area contributed by atoms with Gasteiger partial charge in [-0.15, -0.1) is 0 Å². The molecule has 2 atom stereocenters. The molecule has 1 heterocycles. The van der Waals surface area contributed by atoms with Crippen molar-refractivity contribution in [2.24, 2.45) is 0 Å². The maximum atomic E-state index is 6.22. The van der Waals surface area contributed by atoms with E-state index in [-0.39, 0.29) is 4.83 Å². The van der Waals surface area contributed by atoms with Crippen molar-refractivity contribution in [3.8, 4) is 5.75 Å². The second kappa shape index (κ2) is 6.02. The number of para-hydroxylation sites is 1. The topological polar surface area (TPSA) is 9.23 Å². The molecule has 0 fully saturated rings. The van der Waals surface area contributed by atoms with Gasteiger partial charge in [0.1, 0.15) is 5.75 Å². The van der Waals surface area contributed by atoms with Crippen molar-refractivity contribution < 1.29 is 4.74 Å². The largest absolute Gasteiger partial charge is 0.493 e. The maximum absolute atomic E-state index is 6.22. The van der Waals surface area contributed by atoms with Gasteiger partial charge in [0, 0.05) is 15.8 Å². The third-order valence-corrected chi connectivity index (χ3v) is 5.74. The van der Waals surface area contributed by atoms with Gasteiger partial charge in [-0.05, 0) is 54.7 Å². The van der Waals surface area contributed by atoms with Gasteiger partial charge in [-0.25, -0.2) is 0 Å². The summed E-state index contributed by atoms with van der Waals surface area (Å²) in [6.07, 6.45) is 1.02. The Morgan fingerprint density at radius 3 is 2.76 bits per heavy atom. The van der Waals surface area contributed by atoms with Gasteiger partial charge in [0.2, 0.25) is 0 Å². The average molecular weight is 366 g/mol. The molecule has 0 aliphatic carbocycles. The van der Waals surface area contributed by atoms with Crippen LogP contribution in [0.4, 0.5) is 0 Å². The number of halogens is 2. The Labute approximate surface area is 139 Å². The van der Waals surface area contributed by atoms with Crippen LogP contribution in [0.1, 0.15) is 39.4 Å². The van der Waals surface area contributed by atoms with Crippen LogP contribution in [0.5, 0.6) is 5.75 Å². The van der Waals surface area contributed by atoms with E-state index in [2.05, 4.69) is 60.1 Å². The van der Waals surface area contributed by atoms with Crippen molar-refractivity contribution in [3.05, 3.63) is 63.7 Å².